The second kappa shape index (κ2) is 9.74. The van der Waals surface area contributed by atoms with Crippen LogP contribution in [0.3, 0.4) is 0 Å². The summed E-state index contributed by atoms with van der Waals surface area (Å²) in [6.07, 6.45) is 0. The van der Waals surface area contributed by atoms with Crippen LogP contribution in [0.25, 0.3) is 0 Å². The SMILES string of the molecule is Cc1ccc(OCC(=O)NC(C)c2cccc(NC(=O)c3ccccc3)c2)cc1C. The molecule has 0 aliphatic carbocycles. The molecule has 0 aliphatic rings. The molecular weight excluding hydrogens is 376 g/mol. The van der Waals surface area contributed by atoms with E-state index in [0.717, 1.165) is 11.1 Å². The maximum atomic E-state index is 12.3. The van der Waals surface area contributed by atoms with E-state index < -0.39 is 0 Å². The van der Waals surface area contributed by atoms with Crippen LogP contribution in [0.5, 0.6) is 5.75 Å². The zero-order chi connectivity index (χ0) is 21.5. The number of carbonyl (C=O) groups is 2. The van der Waals surface area contributed by atoms with Gasteiger partial charge < -0.3 is 15.4 Å². The van der Waals surface area contributed by atoms with Crippen molar-refractivity contribution < 1.29 is 14.3 Å². The van der Waals surface area contributed by atoms with Crippen molar-refractivity contribution in [2.75, 3.05) is 11.9 Å². The molecule has 3 rings (SSSR count). The second-order valence-electron chi connectivity index (χ2n) is 7.27. The van der Waals surface area contributed by atoms with Gasteiger partial charge in [-0.1, -0.05) is 36.4 Å². The monoisotopic (exact) mass is 402 g/mol. The Bertz CT molecular complexity index is 1030. The number of hydrogen-bond donors (Lipinski definition) is 2. The Kier molecular flexibility index (Phi) is 6.86. The molecule has 5 nitrogen and oxygen atoms in total. The topological polar surface area (TPSA) is 67.4 Å². The third-order valence-corrected chi connectivity index (χ3v) is 4.91. The maximum Gasteiger partial charge on any atom is 0.258 e. The summed E-state index contributed by atoms with van der Waals surface area (Å²) in [5.74, 6) is 0.289. The van der Waals surface area contributed by atoms with Gasteiger partial charge in [-0.15, -0.1) is 0 Å². The molecule has 0 fully saturated rings. The van der Waals surface area contributed by atoms with Gasteiger partial charge >= 0.3 is 0 Å². The summed E-state index contributed by atoms with van der Waals surface area (Å²) in [5.41, 5.74) is 4.46. The molecule has 1 atom stereocenters. The van der Waals surface area contributed by atoms with Crippen molar-refractivity contribution in [1.29, 1.82) is 0 Å². The van der Waals surface area contributed by atoms with Crippen LogP contribution in [0, 0.1) is 13.8 Å². The lowest BCUT2D eigenvalue weighted by molar-refractivity contribution is -0.123. The van der Waals surface area contributed by atoms with Gasteiger partial charge in [0.15, 0.2) is 6.61 Å². The Hall–Kier alpha value is -3.60. The van der Waals surface area contributed by atoms with Gasteiger partial charge in [0.25, 0.3) is 11.8 Å². The van der Waals surface area contributed by atoms with Crippen molar-refractivity contribution >= 4 is 17.5 Å². The molecule has 2 amide bonds. The van der Waals surface area contributed by atoms with Crippen LogP contribution in [0.2, 0.25) is 0 Å². The summed E-state index contributed by atoms with van der Waals surface area (Å²) in [5, 5.41) is 5.81. The standard InChI is InChI=1S/C25H26N2O3/c1-17-12-13-23(14-18(17)2)30-16-24(28)26-19(3)21-10-7-11-22(15-21)27-25(29)20-8-5-4-6-9-20/h4-15,19H,16H2,1-3H3,(H,26,28)(H,27,29). The van der Waals surface area contributed by atoms with Gasteiger partial charge in [-0.05, 0) is 73.9 Å². The number of nitrogens with one attached hydrogen (secondary N) is 2. The zero-order valence-corrected chi connectivity index (χ0v) is 17.4. The summed E-state index contributed by atoms with van der Waals surface area (Å²) >= 11 is 0. The third kappa shape index (κ3) is 5.70. The summed E-state index contributed by atoms with van der Waals surface area (Å²) in [6.45, 7) is 5.88. The van der Waals surface area contributed by atoms with Crippen LogP contribution in [0.15, 0.2) is 72.8 Å². The van der Waals surface area contributed by atoms with Gasteiger partial charge in [0.1, 0.15) is 5.75 Å². The minimum Gasteiger partial charge on any atom is -0.484 e. The van der Waals surface area contributed by atoms with Gasteiger partial charge in [-0.3, -0.25) is 9.59 Å². The van der Waals surface area contributed by atoms with Crippen molar-refractivity contribution in [3.8, 4) is 5.75 Å². The van der Waals surface area contributed by atoms with Gasteiger partial charge in [-0.2, -0.15) is 0 Å². The number of hydrogen-bond acceptors (Lipinski definition) is 3. The van der Waals surface area contributed by atoms with Gasteiger partial charge in [0, 0.05) is 11.3 Å². The minimum absolute atomic E-state index is 0.0583. The molecule has 1 unspecified atom stereocenters. The van der Waals surface area contributed by atoms with E-state index in [-0.39, 0.29) is 24.5 Å². The second-order valence-corrected chi connectivity index (χ2v) is 7.27. The Morgan fingerprint density at radius 2 is 1.67 bits per heavy atom. The first-order chi connectivity index (χ1) is 14.4. The van der Waals surface area contributed by atoms with Crippen LogP contribution in [0.4, 0.5) is 5.69 Å². The number of benzene rings is 3. The highest BCUT2D eigenvalue weighted by Crippen LogP contribution is 2.19. The molecular formula is C25H26N2O3. The molecule has 0 spiro atoms. The molecule has 2 N–H and O–H groups in total. The Labute approximate surface area is 177 Å². The first kappa shape index (κ1) is 21.1. The average molecular weight is 402 g/mol. The summed E-state index contributed by atoms with van der Waals surface area (Å²) in [6, 6.07) is 22.0. The van der Waals surface area contributed by atoms with E-state index in [1.54, 1.807) is 12.1 Å². The predicted octanol–water partition coefficient (Wildman–Crippen LogP) is 4.81. The quantitative estimate of drug-likeness (QED) is 0.596. The molecule has 0 heterocycles. The van der Waals surface area contributed by atoms with Crippen LogP contribution >= 0.6 is 0 Å². The van der Waals surface area contributed by atoms with E-state index in [2.05, 4.69) is 10.6 Å². The van der Waals surface area contributed by atoms with Crippen molar-refractivity contribution in [2.45, 2.75) is 26.8 Å². The van der Waals surface area contributed by atoms with E-state index in [1.165, 1.54) is 5.56 Å². The Morgan fingerprint density at radius 1 is 0.900 bits per heavy atom. The fourth-order valence-electron chi connectivity index (χ4n) is 3.00. The molecule has 0 radical (unpaired) electrons. The number of anilines is 1. The van der Waals surface area contributed by atoms with E-state index in [0.29, 0.717) is 17.0 Å². The van der Waals surface area contributed by atoms with Gasteiger partial charge in [0.05, 0.1) is 6.04 Å². The number of amides is 2. The number of ether oxygens (including phenoxy) is 1. The minimum atomic E-state index is -0.227. The predicted molar refractivity (Wildman–Crippen MR) is 119 cm³/mol. The summed E-state index contributed by atoms with van der Waals surface area (Å²) in [7, 11) is 0. The average Bonchev–Trinajstić information content (AvgIpc) is 2.75. The number of carbonyl (C=O) groups excluding carboxylic acids is 2. The molecule has 0 saturated carbocycles. The molecule has 30 heavy (non-hydrogen) atoms. The molecule has 0 aromatic heterocycles. The first-order valence-corrected chi connectivity index (χ1v) is 9.88. The summed E-state index contributed by atoms with van der Waals surface area (Å²) < 4.78 is 5.60. The smallest absolute Gasteiger partial charge is 0.258 e. The van der Waals surface area contributed by atoms with Crippen LogP contribution < -0.4 is 15.4 Å². The molecule has 3 aromatic rings. The van der Waals surface area contributed by atoms with E-state index in [9.17, 15) is 9.59 Å². The first-order valence-electron chi connectivity index (χ1n) is 9.88. The van der Waals surface area contributed by atoms with Gasteiger partial charge in [-0.25, -0.2) is 0 Å². The molecule has 0 aliphatic heterocycles. The number of rotatable bonds is 7. The summed E-state index contributed by atoms with van der Waals surface area (Å²) in [4.78, 5) is 24.6. The lowest BCUT2D eigenvalue weighted by atomic mass is 10.1. The van der Waals surface area contributed by atoms with E-state index >= 15 is 0 Å². The Balaban J connectivity index is 1.56. The van der Waals surface area contributed by atoms with Crippen molar-refractivity contribution in [2.24, 2.45) is 0 Å². The highest BCUT2D eigenvalue weighted by atomic mass is 16.5. The van der Waals surface area contributed by atoms with Crippen molar-refractivity contribution in [1.82, 2.24) is 5.32 Å². The third-order valence-electron chi connectivity index (χ3n) is 4.91. The molecule has 154 valence electrons. The highest BCUT2D eigenvalue weighted by molar-refractivity contribution is 6.04. The fraction of sp³-hybridized carbons (Fsp3) is 0.200. The van der Waals surface area contributed by atoms with E-state index in [4.69, 9.17) is 4.74 Å². The molecule has 3 aromatic carbocycles. The zero-order valence-electron chi connectivity index (χ0n) is 17.4. The maximum absolute atomic E-state index is 12.3. The largest absolute Gasteiger partial charge is 0.484 e. The van der Waals surface area contributed by atoms with Crippen LogP contribution in [-0.2, 0) is 4.79 Å². The molecule has 0 bridgehead atoms. The Morgan fingerprint density at radius 3 is 2.40 bits per heavy atom. The van der Waals surface area contributed by atoms with Crippen molar-refractivity contribution in [3.63, 3.8) is 0 Å². The number of aryl methyl sites for hydroxylation is 2. The normalized spacial score (nSPS) is 11.4. The fourth-order valence-corrected chi connectivity index (χ4v) is 3.00. The highest BCUT2D eigenvalue weighted by Gasteiger charge is 2.12. The van der Waals surface area contributed by atoms with Crippen LogP contribution in [0.1, 0.15) is 40.0 Å². The van der Waals surface area contributed by atoms with E-state index in [1.807, 2.05) is 81.4 Å². The van der Waals surface area contributed by atoms with Gasteiger partial charge in [0.2, 0.25) is 0 Å². The molecule has 0 saturated heterocycles. The lowest BCUT2D eigenvalue weighted by Gasteiger charge is -2.16. The van der Waals surface area contributed by atoms with Crippen molar-refractivity contribution in [3.05, 3.63) is 95.1 Å². The molecule has 5 heteroatoms. The lowest BCUT2D eigenvalue weighted by Crippen LogP contribution is -2.31. The van der Waals surface area contributed by atoms with Crippen LogP contribution in [-0.4, -0.2) is 18.4 Å².